The molecule has 2 heterocycles. The number of anilines is 2. The monoisotopic (exact) mass is 810 g/mol. The molecule has 0 N–H and O–H groups in total. The fourth-order valence-corrected chi connectivity index (χ4v) is 4.29. The predicted octanol–water partition coefficient (Wildman–Crippen LogP) is 5.96. The third kappa shape index (κ3) is 9.68. The molecule has 0 bridgehead atoms. The summed E-state index contributed by atoms with van der Waals surface area (Å²) in [4.78, 5) is 49.7. The van der Waals surface area contributed by atoms with Crippen molar-refractivity contribution in [3.8, 4) is 0 Å². The molecule has 2 amide bonds. The van der Waals surface area contributed by atoms with Crippen LogP contribution in [-0.2, 0) is 137 Å². The molecule has 0 aromatic heterocycles. The summed E-state index contributed by atoms with van der Waals surface area (Å²) in [6, 6.07) is 10.6. The second-order valence-electron chi connectivity index (χ2n) is 9.29. The van der Waals surface area contributed by atoms with Gasteiger partial charge in [-0.15, -0.1) is 35.4 Å². The maximum Gasteiger partial charge on any atom is 0.236 e. The first-order chi connectivity index (χ1) is 16.7. The average Bonchev–Trinajstić information content (AvgIpc) is 3.15. The Kier molecular flexibility index (Phi) is 23.2. The van der Waals surface area contributed by atoms with Crippen molar-refractivity contribution in [1.29, 1.82) is 0 Å². The molecule has 0 spiro atoms. The standard InChI is InChI=1S/2C13H14NO2.2C2H6.V.3Y/c2*1-8(15)9-5-6-11-10(7-9)13(2,3)12(16)14(11)4;2*1-2;;;;/h2*5-7H,1H2,2-4H3;2*1-2H3;;;;/q2*-1;;;;;;. The van der Waals surface area contributed by atoms with Crippen LogP contribution in [0, 0.1) is 13.8 Å². The van der Waals surface area contributed by atoms with Gasteiger partial charge < -0.3 is 19.4 Å². The number of amides is 2. The molecule has 4 rings (SSSR count). The van der Waals surface area contributed by atoms with Crippen LogP contribution in [0.2, 0.25) is 0 Å². The molecule has 2 aliphatic rings. The van der Waals surface area contributed by atoms with Crippen molar-refractivity contribution in [2.24, 2.45) is 0 Å². The quantitative estimate of drug-likeness (QED) is 0.278. The van der Waals surface area contributed by atoms with Gasteiger partial charge in [0.15, 0.2) is 0 Å². The van der Waals surface area contributed by atoms with Crippen molar-refractivity contribution in [3.63, 3.8) is 0 Å². The number of fused-ring (bicyclic) bond motifs is 2. The largest absolute Gasteiger partial charge is 0.332 e. The van der Waals surface area contributed by atoms with E-state index in [1.165, 1.54) is 0 Å². The van der Waals surface area contributed by atoms with Crippen LogP contribution in [0.3, 0.4) is 0 Å². The maximum absolute atomic E-state index is 12.0. The van der Waals surface area contributed by atoms with Crippen molar-refractivity contribution < 1.29 is 136 Å². The second kappa shape index (κ2) is 19.6. The van der Waals surface area contributed by atoms with Gasteiger partial charge in [-0.25, -0.2) is 0 Å². The van der Waals surface area contributed by atoms with Gasteiger partial charge >= 0.3 is 0 Å². The fraction of sp³-hybridized carbons (Fsp3) is 0.400. The summed E-state index contributed by atoms with van der Waals surface area (Å²) in [7, 11) is 3.50. The van der Waals surface area contributed by atoms with E-state index in [1.807, 2.05) is 55.4 Å². The maximum atomic E-state index is 12.0. The molecule has 0 fully saturated rings. The summed E-state index contributed by atoms with van der Waals surface area (Å²) in [5.74, 6) is -0.339. The smallest absolute Gasteiger partial charge is 0.236 e. The summed E-state index contributed by atoms with van der Waals surface area (Å²) >= 11 is 0. The van der Waals surface area contributed by atoms with Gasteiger partial charge in [0.1, 0.15) is 0 Å². The van der Waals surface area contributed by atoms with E-state index in [9.17, 15) is 19.2 Å². The molecular formula is C30H40N2O4VY3-2. The zero-order valence-corrected chi connectivity index (χ0v) is 35.5. The molecule has 2 aliphatic heterocycles. The van der Waals surface area contributed by atoms with Gasteiger partial charge in [-0.05, 0) is 38.8 Å². The average molecular weight is 810 g/mol. The molecule has 40 heavy (non-hydrogen) atoms. The number of Topliss-reactive ketones (excluding diaryl/α,β-unsaturated/α-hetero) is 2. The van der Waals surface area contributed by atoms with Gasteiger partial charge in [0.2, 0.25) is 11.8 Å². The minimum atomic E-state index is -0.560. The van der Waals surface area contributed by atoms with E-state index in [4.69, 9.17) is 0 Å². The van der Waals surface area contributed by atoms with Crippen LogP contribution in [0.15, 0.2) is 36.4 Å². The summed E-state index contributed by atoms with van der Waals surface area (Å²) in [5.41, 5.74) is 3.53. The van der Waals surface area contributed by atoms with Crippen LogP contribution in [0.25, 0.3) is 0 Å². The summed E-state index contributed by atoms with van der Waals surface area (Å²) < 4.78 is 0. The molecule has 0 atom stereocenters. The SMILES string of the molecule is CC.CC.[CH2-]C(=O)c1ccc2c(c1)C(C)(C)C(=O)N2C.[CH2-]C(=O)c1ccc2c(c1)C(C)(C)C(=O)N2C.[V].[Y].[Y].[Y]. The topological polar surface area (TPSA) is 74.8 Å². The molecule has 210 valence electrons. The van der Waals surface area contributed by atoms with E-state index >= 15 is 0 Å². The number of hydrogen-bond acceptors (Lipinski definition) is 4. The van der Waals surface area contributed by atoms with Crippen LogP contribution < -0.4 is 9.80 Å². The summed E-state index contributed by atoms with van der Waals surface area (Å²) in [6.45, 7) is 22.2. The summed E-state index contributed by atoms with van der Waals surface area (Å²) in [6.07, 6.45) is 0. The van der Waals surface area contributed by atoms with Crippen LogP contribution in [-0.4, -0.2) is 37.5 Å². The Hall–Kier alpha value is 0.356. The molecular weight excluding hydrogens is 770 g/mol. The van der Waals surface area contributed by atoms with Crippen molar-refractivity contribution in [3.05, 3.63) is 72.5 Å². The molecule has 0 aliphatic carbocycles. The molecule has 0 saturated carbocycles. The molecule has 2 aromatic carbocycles. The Labute approximate surface area is 328 Å². The molecule has 4 radical (unpaired) electrons. The van der Waals surface area contributed by atoms with E-state index in [1.54, 1.807) is 60.3 Å². The third-order valence-corrected chi connectivity index (χ3v) is 6.39. The first kappa shape index (κ1) is 47.3. The van der Waals surface area contributed by atoms with Crippen LogP contribution in [0.5, 0.6) is 0 Å². The Morgan fingerprint density at radius 3 is 1.10 bits per heavy atom. The number of likely N-dealkylation sites (N-methyl/N-ethyl adjacent to an activating group) is 2. The van der Waals surface area contributed by atoms with Gasteiger partial charge in [0.25, 0.3) is 0 Å². The predicted molar refractivity (Wildman–Crippen MR) is 148 cm³/mol. The van der Waals surface area contributed by atoms with Gasteiger partial charge in [-0.1, -0.05) is 39.8 Å². The Morgan fingerprint density at radius 2 is 0.875 bits per heavy atom. The normalized spacial score (nSPS) is 14.2. The van der Waals surface area contributed by atoms with E-state index in [-0.39, 0.29) is 140 Å². The Bertz CT molecular complexity index is 1090. The van der Waals surface area contributed by atoms with Crippen molar-refractivity contribution in [2.45, 2.75) is 66.2 Å². The zero-order chi connectivity index (χ0) is 28.2. The number of ketones is 2. The third-order valence-electron chi connectivity index (χ3n) is 6.39. The van der Waals surface area contributed by atoms with E-state index < -0.39 is 10.8 Å². The van der Waals surface area contributed by atoms with E-state index in [0.29, 0.717) is 11.1 Å². The number of carbonyl (C=O) groups is 4. The second-order valence-corrected chi connectivity index (χ2v) is 9.29. The van der Waals surface area contributed by atoms with Gasteiger partial charge in [0.05, 0.1) is 10.8 Å². The van der Waals surface area contributed by atoms with Crippen LogP contribution >= 0.6 is 0 Å². The van der Waals surface area contributed by atoms with Gasteiger partial charge in [-0.3, -0.25) is 9.59 Å². The van der Waals surface area contributed by atoms with Crippen molar-refractivity contribution in [1.82, 2.24) is 0 Å². The minimum Gasteiger partial charge on any atom is -0.332 e. The Balaban J connectivity index is -0.000000264. The molecule has 2 aromatic rings. The van der Waals surface area contributed by atoms with Crippen molar-refractivity contribution >= 4 is 34.8 Å². The van der Waals surface area contributed by atoms with Crippen molar-refractivity contribution in [2.75, 3.05) is 23.9 Å². The molecule has 6 nitrogen and oxygen atoms in total. The first-order valence-corrected chi connectivity index (χ1v) is 12.3. The minimum absolute atomic E-state index is 0. The Morgan fingerprint density at radius 1 is 0.625 bits per heavy atom. The number of nitrogens with zero attached hydrogens (tertiary/aromatic N) is 2. The summed E-state index contributed by atoms with van der Waals surface area (Å²) in [5, 5.41) is 0. The number of rotatable bonds is 2. The fourth-order valence-electron chi connectivity index (χ4n) is 4.29. The first-order valence-electron chi connectivity index (χ1n) is 12.3. The zero-order valence-electron chi connectivity index (χ0n) is 25.6. The number of benzene rings is 2. The van der Waals surface area contributed by atoms with Crippen LogP contribution in [0.4, 0.5) is 11.4 Å². The van der Waals surface area contributed by atoms with E-state index in [2.05, 4.69) is 13.8 Å². The molecule has 0 saturated heterocycles. The van der Waals surface area contributed by atoms with Gasteiger partial charge in [0, 0.05) is 154 Å². The van der Waals surface area contributed by atoms with Gasteiger partial charge in [-0.2, -0.15) is 13.8 Å². The molecule has 10 heteroatoms. The van der Waals surface area contributed by atoms with Crippen LogP contribution in [0.1, 0.15) is 87.2 Å². The van der Waals surface area contributed by atoms with E-state index in [0.717, 1.165) is 22.5 Å². The molecule has 0 unspecified atom stereocenters. The number of hydrogen-bond donors (Lipinski definition) is 0. The number of carbonyl (C=O) groups excluding carboxylic acids is 4.